The Morgan fingerprint density at radius 1 is 1.38 bits per heavy atom. The second-order valence-electron chi connectivity index (χ2n) is 5.09. The highest BCUT2D eigenvalue weighted by Crippen LogP contribution is 2.25. The van der Waals surface area contributed by atoms with Crippen LogP contribution in [-0.4, -0.2) is 44.2 Å². The van der Waals surface area contributed by atoms with Crippen LogP contribution in [0.3, 0.4) is 0 Å². The van der Waals surface area contributed by atoms with Crippen molar-refractivity contribution in [2.75, 3.05) is 19.6 Å². The summed E-state index contributed by atoms with van der Waals surface area (Å²) in [7, 11) is -3.42. The molecule has 1 aliphatic heterocycles. The predicted molar refractivity (Wildman–Crippen MR) is 82.3 cm³/mol. The first-order chi connectivity index (χ1) is 9.95. The molecule has 0 spiro atoms. The molecule has 1 aliphatic rings. The van der Waals surface area contributed by atoms with Gasteiger partial charge in [0.25, 0.3) is 0 Å². The molecule has 1 unspecified atom stereocenters. The summed E-state index contributed by atoms with van der Waals surface area (Å²) >= 11 is 5.78. The van der Waals surface area contributed by atoms with Crippen molar-refractivity contribution in [1.82, 2.24) is 10.2 Å². The molecule has 21 heavy (non-hydrogen) atoms. The van der Waals surface area contributed by atoms with Crippen molar-refractivity contribution >= 4 is 27.5 Å². The molecular formula is C14H19ClN2O3S. The minimum atomic E-state index is -3.42. The van der Waals surface area contributed by atoms with Crippen LogP contribution in [0.4, 0.5) is 4.79 Å². The first-order valence-corrected chi connectivity index (χ1v) is 8.90. The van der Waals surface area contributed by atoms with E-state index in [0.29, 0.717) is 24.5 Å². The van der Waals surface area contributed by atoms with Crippen LogP contribution < -0.4 is 5.32 Å². The first-order valence-electron chi connectivity index (χ1n) is 6.97. The normalized spacial score (nSPS) is 18.8. The molecule has 5 nitrogen and oxygen atoms in total. The lowest BCUT2D eigenvalue weighted by Gasteiger charge is -2.17. The number of hydrogen-bond donors (Lipinski definition) is 1. The molecule has 0 aliphatic carbocycles. The largest absolute Gasteiger partial charge is 0.338 e. The van der Waals surface area contributed by atoms with E-state index >= 15 is 0 Å². The maximum atomic E-state index is 12.5. The SMILES string of the molecule is CCCNC(=O)N1CCC(S(=O)(=O)c2ccc(Cl)cc2)C1. The molecule has 7 heteroatoms. The summed E-state index contributed by atoms with van der Waals surface area (Å²) in [5, 5.41) is 2.72. The maximum absolute atomic E-state index is 12.5. The Bertz CT molecular complexity index is 601. The monoisotopic (exact) mass is 330 g/mol. The van der Waals surface area contributed by atoms with Crippen LogP contribution in [-0.2, 0) is 9.84 Å². The summed E-state index contributed by atoms with van der Waals surface area (Å²) in [6.07, 6.45) is 1.32. The number of sulfone groups is 1. The number of urea groups is 1. The highest BCUT2D eigenvalue weighted by atomic mass is 35.5. The topological polar surface area (TPSA) is 66.5 Å². The van der Waals surface area contributed by atoms with E-state index < -0.39 is 15.1 Å². The van der Waals surface area contributed by atoms with E-state index in [-0.39, 0.29) is 17.5 Å². The van der Waals surface area contributed by atoms with Gasteiger partial charge < -0.3 is 10.2 Å². The fourth-order valence-corrected chi connectivity index (χ4v) is 4.14. The van der Waals surface area contributed by atoms with Crippen molar-refractivity contribution in [2.45, 2.75) is 29.9 Å². The van der Waals surface area contributed by atoms with E-state index in [0.717, 1.165) is 6.42 Å². The highest BCUT2D eigenvalue weighted by molar-refractivity contribution is 7.92. The molecule has 2 rings (SSSR count). The molecule has 0 radical (unpaired) electrons. The van der Waals surface area contributed by atoms with Crippen LogP contribution in [0.25, 0.3) is 0 Å². The van der Waals surface area contributed by atoms with Gasteiger partial charge in [0.1, 0.15) is 0 Å². The van der Waals surface area contributed by atoms with Crippen LogP contribution >= 0.6 is 11.6 Å². The Labute approximate surface area is 130 Å². The molecule has 1 aromatic carbocycles. The van der Waals surface area contributed by atoms with E-state index in [2.05, 4.69) is 5.32 Å². The van der Waals surface area contributed by atoms with Crippen LogP contribution in [0.15, 0.2) is 29.2 Å². The quantitative estimate of drug-likeness (QED) is 0.921. The lowest BCUT2D eigenvalue weighted by atomic mass is 10.4. The minimum absolute atomic E-state index is 0.189. The van der Waals surface area contributed by atoms with Gasteiger partial charge in [0, 0.05) is 24.7 Å². The van der Waals surface area contributed by atoms with Crippen LogP contribution in [0.5, 0.6) is 0 Å². The predicted octanol–water partition coefficient (Wildman–Crippen LogP) is 2.31. The summed E-state index contributed by atoms with van der Waals surface area (Å²) in [5.74, 6) is 0. The molecule has 1 fully saturated rings. The smallest absolute Gasteiger partial charge is 0.317 e. The van der Waals surface area contributed by atoms with Gasteiger partial charge in [-0.2, -0.15) is 0 Å². The summed E-state index contributed by atoms with van der Waals surface area (Å²) in [6, 6.07) is 5.96. The molecule has 0 bridgehead atoms. The zero-order valence-electron chi connectivity index (χ0n) is 11.9. The molecule has 2 amide bonds. The van der Waals surface area contributed by atoms with Crippen molar-refractivity contribution in [2.24, 2.45) is 0 Å². The standard InChI is InChI=1S/C14H19ClN2O3S/c1-2-8-16-14(18)17-9-7-13(10-17)21(19,20)12-5-3-11(15)4-6-12/h3-6,13H,2,7-10H2,1H3,(H,16,18). The van der Waals surface area contributed by atoms with E-state index in [1.807, 2.05) is 6.92 Å². The number of nitrogens with zero attached hydrogens (tertiary/aromatic N) is 1. The van der Waals surface area contributed by atoms with E-state index in [1.54, 1.807) is 17.0 Å². The number of hydrogen-bond acceptors (Lipinski definition) is 3. The molecule has 1 saturated heterocycles. The second kappa shape index (κ2) is 6.66. The van der Waals surface area contributed by atoms with Gasteiger partial charge in [-0.25, -0.2) is 13.2 Å². The molecule has 1 N–H and O–H groups in total. The van der Waals surface area contributed by atoms with Gasteiger partial charge in [-0.05, 0) is 37.1 Å². The van der Waals surface area contributed by atoms with Crippen LogP contribution in [0.1, 0.15) is 19.8 Å². The Morgan fingerprint density at radius 2 is 2.05 bits per heavy atom. The number of benzene rings is 1. The summed E-state index contributed by atoms with van der Waals surface area (Å²) in [6.45, 7) is 3.27. The number of nitrogens with one attached hydrogen (secondary N) is 1. The lowest BCUT2D eigenvalue weighted by Crippen LogP contribution is -2.39. The number of rotatable bonds is 4. The number of halogens is 1. The second-order valence-corrected chi connectivity index (χ2v) is 7.75. The van der Waals surface area contributed by atoms with Gasteiger partial charge in [-0.1, -0.05) is 18.5 Å². The average Bonchev–Trinajstić information content (AvgIpc) is 2.96. The lowest BCUT2D eigenvalue weighted by molar-refractivity contribution is 0.209. The molecule has 0 aromatic heterocycles. The number of carbonyl (C=O) groups excluding carboxylic acids is 1. The van der Waals surface area contributed by atoms with Crippen molar-refractivity contribution in [1.29, 1.82) is 0 Å². The average molecular weight is 331 g/mol. The summed E-state index contributed by atoms with van der Waals surface area (Å²) in [5.41, 5.74) is 0. The van der Waals surface area contributed by atoms with E-state index in [9.17, 15) is 13.2 Å². The third-order valence-electron chi connectivity index (χ3n) is 3.54. The zero-order valence-corrected chi connectivity index (χ0v) is 13.5. The van der Waals surface area contributed by atoms with Crippen LogP contribution in [0.2, 0.25) is 5.02 Å². The van der Waals surface area contributed by atoms with Crippen molar-refractivity contribution in [3.05, 3.63) is 29.3 Å². The first kappa shape index (κ1) is 16.1. The number of amides is 2. The van der Waals surface area contributed by atoms with Gasteiger partial charge in [0.2, 0.25) is 0 Å². The fourth-order valence-electron chi connectivity index (χ4n) is 2.33. The maximum Gasteiger partial charge on any atom is 0.317 e. The van der Waals surface area contributed by atoms with Gasteiger partial charge in [0.05, 0.1) is 10.1 Å². The molecule has 1 heterocycles. The third-order valence-corrected chi connectivity index (χ3v) is 5.98. The Morgan fingerprint density at radius 3 is 2.67 bits per heavy atom. The van der Waals surface area contributed by atoms with Crippen LogP contribution in [0, 0.1) is 0 Å². The Balaban J connectivity index is 2.06. The molecular weight excluding hydrogens is 312 g/mol. The van der Waals surface area contributed by atoms with Gasteiger partial charge in [0.15, 0.2) is 9.84 Å². The van der Waals surface area contributed by atoms with Crippen molar-refractivity contribution in [3.8, 4) is 0 Å². The van der Waals surface area contributed by atoms with Crippen molar-refractivity contribution in [3.63, 3.8) is 0 Å². The molecule has 0 saturated carbocycles. The van der Waals surface area contributed by atoms with Gasteiger partial charge >= 0.3 is 6.03 Å². The molecule has 1 aromatic rings. The number of likely N-dealkylation sites (tertiary alicyclic amines) is 1. The molecule has 116 valence electrons. The summed E-state index contributed by atoms with van der Waals surface area (Å²) in [4.78, 5) is 13.7. The minimum Gasteiger partial charge on any atom is -0.338 e. The molecule has 1 atom stereocenters. The van der Waals surface area contributed by atoms with Gasteiger partial charge in [-0.3, -0.25) is 0 Å². The number of carbonyl (C=O) groups is 1. The highest BCUT2D eigenvalue weighted by Gasteiger charge is 2.35. The summed E-state index contributed by atoms with van der Waals surface area (Å²) < 4.78 is 25.1. The van der Waals surface area contributed by atoms with E-state index in [4.69, 9.17) is 11.6 Å². The van der Waals surface area contributed by atoms with Gasteiger partial charge in [-0.15, -0.1) is 0 Å². The zero-order chi connectivity index (χ0) is 15.5. The third kappa shape index (κ3) is 3.68. The Hall–Kier alpha value is -1.27. The van der Waals surface area contributed by atoms with Crippen molar-refractivity contribution < 1.29 is 13.2 Å². The van der Waals surface area contributed by atoms with E-state index in [1.165, 1.54) is 12.1 Å². The Kier molecular flexibility index (Phi) is 5.11. The fraction of sp³-hybridized carbons (Fsp3) is 0.500.